The van der Waals surface area contributed by atoms with E-state index < -0.39 is 0 Å². The highest BCUT2D eigenvalue weighted by atomic mass is 16.5. The Morgan fingerprint density at radius 3 is 2.65 bits per heavy atom. The summed E-state index contributed by atoms with van der Waals surface area (Å²) >= 11 is 0. The highest BCUT2D eigenvalue weighted by Crippen LogP contribution is 2.21. The summed E-state index contributed by atoms with van der Waals surface area (Å²) in [6.45, 7) is 6.41. The summed E-state index contributed by atoms with van der Waals surface area (Å²) in [5.41, 5.74) is 3.22. The second-order valence-electron chi connectivity index (χ2n) is 6.73. The van der Waals surface area contributed by atoms with Gasteiger partial charge in [0.15, 0.2) is 0 Å². The van der Waals surface area contributed by atoms with Crippen LogP contribution in [0.15, 0.2) is 54.6 Å². The molecule has 0 spiro atoms. The van der Waals surface area contributed by atoms with E-state index in [2.05, 4.69) is 41.4 Å². The van der Waals surface area contributed by atoms with E-state index in [1.54, 1.807) is 0 Å². The average Bonchev–Trinajstić information content (AvgIpc) is 2.72. The van der Waals surface area contributed by atoms with Gasteiger partial charge in [0.25, 0.3) is 5.91 Å². The zero-order chi connectivity index (χ0) is 18.2. The molecule has 2 aromatic rings. The molecule has 26 heavy (non-hydrogen) atoms. The quantitative estimate of drug-likeness (QED) is 0.776. The van der Waals surface area contributed by atoms with Crippen LogP contribution in [-0.4, -0.2) is 43.6 Å². The van der Waals surface area contributed by atoms with Crippen molar-refractivity contribution in [2.75, 3.05) is 32.8 Å². The molecule has 2 aromatic carbocycles. The number of nitrogens with one attached hydrogen (secondary N) is 1. The normalized spacial score (nSPS) is 17.8. The van der Waals surface area contributed by atoms with Gasteiger partial charge in [-0.1, -0.05) is 49.4 Å². The smallest absolute Gasteiger partial charge is 0.251 e. The van der Waals surface area contributed by atoms with Crippen LogP contribution >= 0.6 is 0 Å². The van der Waals surface area contributed by atoms with E-state index in [1.807, 2.05) is 30.3 Å². The molecule has 4 nitrogen and oxygen atoms in total. The van der Waals surface area contributed by atoms with Crippen molar-refractivity contribution in [1.82, 2.24) is 10.2 Å². The number of carbonyl (C=O) groups is 1. The predicted molar refractivity (Wildman–Crippen MR) is 104 cm³/mol. The molecule has 4 heteroatoms. The van der Waals surface area contributed by atoms with Crippen molar-refractivity contribution in [3.8, 4) is 0 Å². The number of rotatable bonds is 7. The second kappa shape index (κ2) is 9.51. The Kier molecular flexibility index (Phi) is 6.81. The van der Waals surface area contributed by atoms with E-state index in [0.29, 0.717) is 6.54 Å². The van der Waals surface area contributed by atoms with Gasteiger partial charge in [0.2, 0.25) is 0 Å². The van der Waals surface area contributed by atoms with Gasteiger partial charge in [0, 0.05) is 31.7 Å². The number of carbonyl (C=O) groups excluding carboxylic acids is 1. The molecule has 1 amide bonds. The van der Waals surface area contributed by atoms with Crippen molar-refractivity contribution in [2.24, 2.45) is 0 Å². The average molecular weight is 352 g/mol. The third-order valence-corrected chi connectivity index (χ3v) is 4.88. The van der Waals surface area contributed by atoms with Crippen LogP contribution in [0.4, 0.5) is 0 Å². The minimum absolute atomic E-state index is 0.0109. The number of nitrogens with zero attached hydrogens (tertiary/aromatic N) is 1. The van der Waals surface area contributed by atoms with Gasteiger partial charge in [-0.2, -0.15) is 0 Å². The summed E-state index contributed by atoms with van der Waals surface area (Å²) < 4.78 is 5.90. The number of benzene rings is 2. The molecule has 0 bridgehead atoms. The summed E-state index contributed by atoms with van der Waals surface area (Å²) in [5, 5.41) is 3.02. The van der Waals surface area contributed by atoms with Crippen molar-refractivity contribution in [3.63, 3.8) is 0 Å². The Bertz CT molecular complexity index is 685. The lowest BCUT2D eigenvalue weighted by Gasteiger charge is -2.33. The minimum atomic E-state index is 0.0109. The highest BCUT2D eigenvalue weighted by molar-refractivity contribution is 5.94. The van der Waals surface area contributed by atoms with Gasteiger partial charge in [-0.25, -0.2) is 0 Å². The van der Waals surface area contributed by atoms with Crippen molar-refractivity contribution in [2.45, 2.75) is 25.9 Å². The zero-order valence-corrected chi connectivity index (χ0v) is 15.5. The van der Waals surface area contributed by atoms with E-state index in [1.165, 1.54) is 11.1 Å². The van der Waals surface area contributed by atoms with Crippen LogP contribution in [0.3, 0.4) is 0 Å². The fourth-order valence-electron chi connectivity index (χ4n) is 3.27. The fraction of sp³-hybridized carbons (Fsp3) is 0.409. The molecule has 138 valence electrons. The lowest BCUT2D eigenvalue weighted by molar-refractivity contribution is -0.0301. The van der Waals surface area contributed by atoms with E-state index >= 15 is 0 Å². The standard InChI is InChI=1S/C22H28N2O2/c1-2-18-9-11-20(12-10-18)22(25)23-13-6-14-24-15-16-26-21(17-24)19-7-4-3-5-8-19/h3-5,7-12,21H,2,6,13-17H2,1H3,(H,23,25). The molecular weight excluding hydrogens is 324 g/mol. The molecule has 1 N–H and O–H groups in total. The van der Waals surface area contributed by atoms with Gasteiger partial charge >= 0.3 is 0 Å². The summed E-state index contributed by atoms with van der Waals surface area (Å²) in [5.74, 6) is 0.0109. The summed E-state index contributed by atoms with van der Waals surface area (Å²) in [6, 6.07) is 18.2. The first-order chi connectivity index (χ1) is 12.8. The number of hydrogen-bond donors (Lipinski definition) is 1. The third kappa shape index (κ3) is 5.16. The fourth-order valence-corrected chi connectivity index (χ4v) is 3.27. The van der Waals surface area contributed by atoms with Crippen LogP contribution in [0.1, 0.15) is 40.9 Å². The molecule has 1 aliphatic heterocycles. The Morgan fingerprint density at radius 1 is 1.15 bits per heavy atom. The number of morpholine rings is 1. The number of ether oxygens (including phenoxy) is 1. The van der Waals surface area contributed by atoms with Crippen LogP contribution in [0, 0.1) is 0 Å². The van der Waals surface area contributed by atoms with Crippen molar-refractivity contribution in [3.05, 3.63) is 71.3 Å². The molecule has 0 radical (unpaired) electrons. The largest absolute Gasteiger partial charge is 0.371 e. The van der Waals surface area contributed by atoms with Crippen molar-refractivity contribution >= 4 is 5.91 Å². The summed E-state index contributed by atoms with van der Waals surface area (Å²) in [7, 11) is 0. The summed E-state index contributed by atoms with van der Waals surface area (Å²) in [4.78, 5) is 14.6. The molecule has 1 aliphatic rings. The molecule has 1 heterocycles. The monoisotopic (exact) mass is 352 g/mol. The third-order valence-electron chi connectivity index (χ3n) is 4.88. The SMILES string of the molecule is CCc1ccc(C(=O)NCCCN2CCOC(c3ccccc3)C2)cc1. The molecule has 3 rings (SSSR count). The molecule has 1 unspecified atom stereocenters. The first kappa shape index (κ1) is 18.6. The lowest BCUT2D eigenvalue weighted by Crippen LogP contribution is -2.39. The Balaban J connectivity index is 1.39. The number of hydrogen-bond acceptors (Lipinski definition) is 3. The zero-order valence-electron chi connectivity index (χ0n) is 15.5. The molecule has 1 fully saturated rings. The lowest BCUT2D eigenvalue weighted by atomic mass is 10.1. The van der Waals surface area contributed by atoms with Crippen LogP contribution < -0.4 is 5.32 Å². The van der Waals surface area contributed by atoms with Crippen LogP contribution in [0.25, 0.3) is 0 Å². The first-order valence-electron chi connectivity index (χ1n) is 9.52. The molecular formula is C22H28N2O2. The Labute approximate surface area is 156 Å². The van der Waals surface area contributed by atoms with Crippen LogP contribution in [0.2, 0.25) is 0 Å². The molecule has 1 saturated heterocycles. The van der Waals surface area contributed by atoms with Gasteiger partial charge in [-0.15, -0.1) is 0 Å². The van der Waals surface area contributed by atoms with Gasteiger partial charge < -0.3 is 10.1 Å². The van der Waals surface area contributed by atoms with E-state index in [0.717, 1.165) is 44.6 Å². The van der Waals surface area contributed by atoms with Crippen molar-refractivity contribution in [1.29, 1.82) is 0 Å². The van der Waals surface area contributed by atoms with E-state index in [-0.39, 0.29) is 12.0 Å². The highest BCUT2D eigenvalue weighted by Gasteiger charge is 2.21. The topological polar surface area (TPSA) is 41.6 Å². The van der Waals surface area contributed by atoms with Crippen LogP contribution in [-0.2, 0) is 11.2 Å². The predicted octanol–water partition coefficient (Wildman–Crippen LogP) is 3.44. The van der Waals surface area contributed by atoms with Crippen molar-refractivity contribution < 1.29 is 9.53 Å². The Hall–Kier alpha value is -2.17. The summed E-state index contributed by atoms with van der Waals surface area (Å²) in [6.07, 6.45) is 2.09. The Morgan fingerprint density at radius 2 is 1.92 bits per heavy atom. The van der Waals surface area contributed by atoms with Gasteiger partial charge in [0.1, 0.15) is 0 Å². The first-order valence-corrected chi connectivity index (χ1v) is 9.52. The molecule has 0 aromatic heterocycles. The molecule has 1 atom stereocenters. The molecule has 0 aliphatic carbocycles. The molecule has 0 saturated carbocycles. The van der Waals surface area contributed by atoms with Crippen LogP contribution in [0.5, 0.6) is 0 Å². The number of aryl methyl sites for hydroxylation is 1. The minimum Gasteiger partial charge on any atom is -0.371 e. The van der Waals surface area contributed by atoms with E-state index in [9.17, 15) is 4.79 Å². The van der Waals surface area contributed by atoms with Gasteiger partial charge in [0.05, 0.1) is 12.7 Å². The van der Waals surface area contributed by atoms with E-state index in [4.69, 9.17) is 4.74 Å². The van der Waals surface area contributed by atoms with Gasteiger partial charge in [-0.05, 0) is 36.1 Å². The maximum Gasteiger partial charge on any atom is 0.251 e. The second-order valence-corrected chi connectivity index (χ2v) is 6.73. The number of amides is 1. The maximum atomic E-state index is 12.2. The maximum absolute atomic E-state index is 12.2. The van der Waals surface area contributed by atoms with Gasteiger partial charge in [-0.3, -0.25) is 9.69 Å².